The fraction of sp³-hybridized carbons (Fsp3) is 0.462. The van der Waals surface area contributed by atoms with E-state index in [1.165, 1.54) is 20.3 Å². The molecule has 8 heteroatoms. The highest BCUT2D eigenvalue weighted by molar-refractivity contribution is 7.91. The molecular weight excluding hydrogens is 318 g/mol. The van der Waals surface area contributed by atoms with Crippen molar-refractivity contribution in [2.45, 2.75) is 11.4 Å². The SMILES string of the molecule is COc1ccc(C(=O)NC2CS(=O)(=O)CC2Cl)cc1OC. The first-order valence-electron chi connectivity index (χ1n) is 6.23. The number of amides is 1. The number of ether oxygens (including phenoxy) is 2. The molecule has 1 saturated heterocycles. The van der Waals surface area contributed by atoms with Crippen LogP contribution in [0.4, 0.5) is 0 Å². The summed E-state index contributed by atoms with van der Waals surface area (Å²) in [6, 6.07) is 4.12. The second kappa shape index (κ2) is 6.11. The lowest BCUT2D eigenvalue weighted by atomic mass is 10.1. The Morgan fingerprint density at radius 3 is 2.43 bits per heavy atom. The standard InChI is InChI=1S/C13H16ClNO5S/c1-19-11-4-3-8(5-12(11)20-2)13(16)15-10-7-21(17,18)6-9(10)14/h3-5,9-10H,6-7H2,1-2H3,(H,15,16). The van der Waals surface area contributed by atoms with Crippen LogP contribution in [-0.4, -0.2) is 51.5 Å². The Bertz CT molecular complexity index is 646. The molecule has 116 valence electrons. The maximum atomic E-state index is 12.2. The average molecular weight is 334 g/mol. The molecule has 0 saturated carbocycles. The normalized spacial score (nSPS) is 23.6. The van der Waals surface area contributed by atoms with E-state index in [2.05, 4.69) is 5.32 Å². The summed E-state index contributed by atoms with van der Waals surface area (Å²) in [5.74, 6) is 0.272. The van der Waals surface area contributed by atoms with E-state index >= 15 is 0 Å². The molecule has 1 fully saturated rings. The molecule has 6 nitrogen and oxygen atoms in total. The molecule has 0 radical (unpaired) electrons. The molecule has 2 unspecified atom stereocenters. The summed E-state index contributed by atoms with van der Waals surface area (Å²) in [4.78, 5) is 12.2. The molecule has 0 aromatic heterocycles. The van der Waals surface area contributed by atoms with Gasteiger partial charge in [-0.1, -0.05) is 0 Å². The summed E-state index contributed by atoms with van der Waals surface area (Å²) < 4.78 is 33.2. The first-order chi connectivity index (χ1) is 9.86. The maximum Gasteiger partial charge on any atom is 0.251 e. The highest BCUT2D eigenvalue weighted by atomic mass is 35.5. The zero-order valence-electron chi connectivity index (χ0n) is 11.6. The van der Waals surface area contributed by atoms with E-state index in [9.17, 15) is 13.2 Å². The van der Waals surface area contributed by atoms with Gasteiger partial charge in [0.15, 0.2) is 21.3 Å². The van der Waals surface area contributed by atoms with Crippen LogP contribution >= 0.6 is 11.6 Å². The molecule has 0 spiro atoms. The zero-order chi connectivity index (χ0) is 15.6. The summed E-state index contributed by atoms with van der Waals surface area (Å²) in [6.07, 6.45) is 0. The van der Waals surface area contributed by atoms with Crippen LogP contribution < -0.4 is 14.8 Å². The van der Waals surface area contributed by atoms with Crippen molar-refractivity contribution < 1.29 is 22.7 Å². The quantitative estimate of drug-likeness (QED) is 0.826. The first-order valence-corrected chi connectivity index (χ1v) is 8.49. The molecule has 1 aliphatic rings. The van der Waals surface area contributed by atoms with Crippen LogP contribution in [0, 0.1) is 0 Å². The number of sulfone groups is 1. The summed E-state index contributed by atoms with van der Waals surface area (Å²) in [5.41, 5.74) is 0.348. The Morgan fingerprint density at radius 1 is 1.24 bits per heavy atom. The second-order valence-corrected chi connectivity index (χ2v) is 7.46. The summed E-state index contributed by atoms with van der Waals surface area (Å²) >= 11 is 5.96. The van der Waals surface area contributed by atoms with Gasteiger partial charge >= 0.3 is 0 Å². The number of halogens is 1. The van der Waals surface area contributed by atoms with Gasteiger partial charge in [-0.05, 0) is 18.2 Å². The molecule has 1 N–H and O–H groups in total. The van der Waals surface area contributed by atoms with Gasteiger partial charge < -0.3 is 14.8 Å². The van der Waals surface area contributed by atoms with Crippen LogP contribution in [-0.2, 0) is 9.84 Å². The van der Waals surface area contributed by atoms with Gasteiger partial charge in [0.1, 0.15) is 0 Å². The van der Waals surface area contributed by atoms with Crippen molar-refractivity contribution in [1.29, 1.82) is 0 Å². The maximum absolute atomic E-state index is 12.2. The summed E-state index contributed by atoms with van der Waals surface area (Å²) in [5, 5.41) is 2.03. The van der Waals surface area contributed by atoms with Crippen LogP contribution in [0.25, 0.3) is 0 Å². The van der Waals surface area contributed by atoms with Gasteiger partial charge in [-0.15, -0.1) is 11.6 Å². The predicted molar refractivity (Wildman–Crippen MR) is 79.1 cm³/mol. The molecule has 1 aromatic carbocycles. The number of rotatable bonds is 4. The van der Waals surface area contributed by atoms with Crippen molar-refractivity contribution in [3.05, 3.63) is 23.8 Å². The summed E-state index contributed by atoms with van der Waals surface area (Å²) in [7, 11) is -0.218. The van der Waals surface area contributed by atoms with Crippen molar-refractivity contribution in [3.63, 3.8) is 0 Å². The zero-order valence-corrected chi connectivity index (χ0v) is 13.2. The van der Waals surface area contributed by atoms with Gasteiger partial charge in [-0.2, -0.15) is 0 Å². The molecule has 1 aliphatic heterocycles. The van der Waals surface area contributed by atoms with Gasteiger partial charge in [-0.3, -0.25) is 4.79 Å². The Kier molecular flexibility index (Phi) is 4.63. The molecule has 2 atom stereocenters. The lowest BCUT2D eigenvalue weighted by molar-refractivity contribution is 0.0941. The number of hydrogen-bond donors (Lipinski definition) is 1. The third kappa shape index (κ3) is 3.59. The van der Waals surface area contributed by atoms with E-state index in [0.717, 1.165) is 0 Å². The summed E-state index contributed by atoms with van der Waals surface area (Å²) in [6.45, 7) is 0. The first kappa shape index (κ1) is 15.9. The van der Waals surface area contributed by atoms with Gasteiger partial charge in [0.25, 0.3) is 5.91 Å². The highest BCUT2D eigenvalue weighted by Gasteiger charge is 2.37. The third-order valence-electron chi connectivity index (χ3n) is 3.25. The van der Waals surface area contributed by atoms with E-state index in [4.69, 9.17) is 21.1 Å². The lowest BCUT2D eigenvalue weighted by Crippen LogP contribution is -2.40. The largest absolute Gasteiger partial charge is 0.493 e. The Balaban J connectivity index is 2.14. The van der Waals surface area contributed by atoms with Crippen molar-refractivity contribution in [2.75, 3.05) is 25.7 Å². The molecule has 2 rings (SSSR count). The number of hydrogen-bond acceptors (Lipinski definition) is 5. The van der Waals surface area contributed by atoms with Crippen LogP contribution in [0.5, 0.6) is 11.5 Å². The van der Waals surface area contributed by atoms with E-state index in [1.54, 1.807) is 12.1 Å². The topological polar surface area (TPSA) is 81.7 Å². The van der Waals surface area contributed by atoms with Crippen molar-refractivity contribution in [2.24, 2.45) is 0 Å². The average Bonchev–Trinajstić information content (AvgIpc) is 2.70. The molecule has 1 aromatic rings. The fourth-order valence-electron chi connectivity index (χ4n) is 2.17. The van der Waals surface area contributed by atoms with Crippen LogP contribution in [0.2, 0.25) is 0 Å². The molecule has 1 amide bonds. The van der Waals surface area contributed by atoms with E-state index in [1.807, 2.05) is 0 Å². The molecule has 0 bridgehead atoms. The third-order valence-corrected chi connectivity index (χ3v) is 5.62. The van der Waals surface area contributed by atoms with Crippen LogP contribution in [0.3, 0.4) is 0 Å². The number of carbonyl (C=O) groups is 1. The van der Waals surface area contributed by atoms with Crippen molar-refractivity contribution in [1.82, 2.24) is 5.32 Å². The molecule has 21 heavy (non-hydrogen) atoms. The van der Waals surface area contributed by atoms with Gasteiger partial charge in [-0.25, -0.2) is 8.42 Å². The van der Waals surface area contributed by atoms with E-state index in [-0.39, 0.29) is 11.5 Å². The number of carbonyl (C=O) groups excluding carboxylic acids is 1. The van der Waals surface area contributed by atoms with Crippen LogP contribution in [0.15, 0.2) is 18.2 Å². The minimum atomic E-state index is -3.19. The Labute approximate surface area is 128 Å². The van der Waals surface area contributed by atoms with E-state index in [0.29, 0.717) is 17.1 Å². The smallest absolute Gasteiger partial charge is 0.251 e. The van der Waals surface area contributed by atoms with E-state index < -0.39 is 27.2 Å². The molecular formula is C13H16ClNO5S. The van der Waals surface area contributed by atoms with Crippen LogP contribution in [0.1, 0.15) is 10.4 Å². The molecule has 0 aliphatic carbocycles. The lowest BCUT2D eigenvalue weighted by Gasteiger charge is -2.15. The Hall–Kier alpha value is -1.47. The number of nitrogens with one attached hydrogen (secondary N) is 1. The highest BCUT2D eigenvalue weighted by Crippen LogP contribution is 2.27. The van der Waals surface area contributed by atoms with Gasteiger partial charge in [0.2, 0.25) is 0 Å². The minimum absolute atomic E-state index is 0.120. The van der Waals surface area contributed by atoms with Crippen molar-refractivity contribution in [3.8, 4) is 11.5 Å². The minimum Gasteiger partial charge on any atom is -0.493 e. The second-order valence-electron chi connectivity index (χ2n) is 4.74. The van der Waals surface area contributed by atoms with Crippen molar-refractivity contribution >= 4 is 27.3 Å². The fourth-order valence-corrected chi connectivity index (χ4v) is 4.72. The van der Waals surface area contributed by atoms with Gasteiger partial charge in [0.05, 0.1) is 37.1 Å². The number of methoxy groups -OCH3 is 2. The number of benzene rings is 1. The van der Waals surface area contributed by atoms with Gasteiger partial charge in [0, 0.05) is 5.56 Å². The monoisotopic (exact) mass is 333 g/mol. The number of alkyl halides is 1. The Morgan fingerprint density at radius 2 is 1.90 bits per heavy atom. The molecule has 1 heterocycles. The predicted octanol–water partition coefficient (Wildman–Crippen LogP) is 0.838.